The lowest BCUT2D eigenvalue weighted by Gasteiger charge is -2.48. The van der Waals surface area contributed by atoms with Crippen molar-refractivity contribution in [1.82, 2.24) is 4.90 Å². The van der Waals surface area contributed by atoms with Crippen LogP contribution in [-0.4, -0.2) is 34.1 Å². The molecule has 142 valence electrons. The Hall–Kier alpha value is -2.33. The molecule has 0 aliphatic carbocycles. The van der Waals surface area contributed by atoms with E-state index < -0.39 is 0 Å². The molecule has 3 atom stereocenters. The first kappa shape index (κ1) is 18.1. The van der Waals surface area contributed by atoms with Crippen LogP contribution >= 0.6 is 0 Å². The van der Waals surface area contributed by atoms with E-state index in [0.717, 1.165) is 36.1 Å². The van der Waals surface area contributed by atoms with Crippen molar-refractivity contribution in [3.63, 3.8) is 0 Å². The van der Waals surface area contributed by atoms with Gasteiger partial charge in [0, 0.05) is 17.6 Å². The number of aliphatic hydroxyl groups is 1. The summed E-state index contributed by atoms with van der Waals surface area (Å²) in [7, 11) is 0. The molecule has 2 saturated heterocycles. The van der Waals surface area contributed by atoms with Crippen LogP contribution in [0.4, 0.5) is 0 Å². The van der Waals surface area contributed by atoms with E-state index in [2.05, 4.69) is 4.90 Å². The number of hydrogen-bond donors (Lipinski definition) is 1. The predicted octanol–water partition coefficient (Wildman–Crippen LogP) is 3.71. The highest BCUT2D eigenvalue weighted by Crippen LogP contribution is 2.35. The zero-order valence-corrected chi connectivity index (χ0v) is 15.6. The Morgan fingerprint density at radius 1 is 1.00 bits per heavy atom. The van der Waals surface area contributed by atoms with Crippen LogP contribution in [0.3, 0.4) is 0 Å². The van der Waals surface area contributed by atoms with Crippen LogP contribution in [0.2, 0.25) is 0 Å². The molecule has 1 N–H and O–H groups in total. The SMILES string of the molecule is O=C(Cc1ccccc1OCc1ccccc1)N1[C@@H]2CCC[C@H]1CC(O)C2. The van der Waals surface area contributed by atoms with Crippen LogP contribution in [0.1, 0.15) is 43.2 Å². The lowest BCUT2D eigenvalue weighted by molar-refractivity contribution is -0.143. The Bertz CT molecular complexity index is 762. The molecule has 4 nitrogen and oxygen atoms in total. The summed E-state index contributed by atoms with van der Waals surface area (Å²) in [5.74, 6) is 0.935. The maximum absolute atomic E-state index is 13.1. The van der Waals surface area contributed by atoms with Crippen LogP contribution in [0.25, 0.3) is 0 Å². The summed E-state index contributed by atoms with van der Waals surface area (Å²) in [6.07, 6.45) is 4.70. The first-order chi connectivity index (χ1) is 13.2. The van der Waals surface area contributed by atoms with E-state index in [9.17, 15) is 9.90 Å². The van der Waals surface area contributed by atoms with Crippen molar-refractivity contribution in [2.45, 2.75) is 63.3 Å². The molecule has 2 aromatic rings. The second-order valence-corrected chi connectivity index (χ2v) is 7.72. The van der Waals surface area contributed by atoms with Gasteiger partial charge in [0.15, 0.2) is 0 Å². The smallest absolute Gasteiger partial charge is 0.227 e. The summed E-state index contributed by atoms with van der Waals surface area (Å²) < 4.78 is 6.01. The lowest BCUT2D eigenvalue weighted by atomic mass is 9.82. The Morgan fingerprint density at radius 3 is 2.41 bits per heavy atom. The fourth-order valence-corrected chi connectivity index (χ4v) is 4.54. The highest BCUT2D eigenvalue weighted by Gasteiger charge is 2.40. The topological polar surface area (TPSA) is 49.8 Å². The molecule has 0 saturated carbocycles. The molecule has 2 aliphatic heterocycles. The van der Waals surface area contributed by atoms with E-state index in [1.54, 1.807) is 0 Å². The van der Waals surface area contributed by atoms with Crippen LogP contribution in [0.5, 0.6) is 5.75 Å². The minimum Gasteiger partial charge on any atom is -0.489 e. The Morgan fingerprint density at radius 2 is 1.67 bits per heavy atom. The monoisotopic (exact) mass is 365 g/mol. The van der Waals surface area contributed by atoms with Crippen molar-refractivity contribution in [3.05, 3.63) is 65.7 Å². The van der Waals surface area contributed by atoms with E-state index in [1.165, 1.54) is 0 Å². The molecule has 4 rings (SSSR count). The Balaban J connectivity index is 1.45. The number of carbonyl (C=O) groups excluding carboxylic acids is 1. The minimum absolute atomic E-state index is 0.160. The van der Waals surface area contributed by atoms with Gasteiger partial charge in [0.2, 0.25) is 5.91 Å². The number of carbonyl (C=O) groups is 1. The van der Waals surface area contributed by atoms with Gasteiger partial charge in [0.25, 0.3) is 0 Å². The van der Waals surface area contributed by atoms with Gasteiger partial charge in [-0.2, -0.15) is 0 Å². The molecule has 0 radical (unpaired) electrons. The van der Waals surface area contributed by atoms with Gasteiger partial charge in [0.1, 0.15) is 12.4 Å². The number of rotatable bonds is 5. The van der Waals surface area contributed by atoms with E-state index in [4.69, 9.17) is 4.74 Å². The highest BCUT2D eigenvalue weighted by molar-refractivity contribution is 5.80. The fraction of sp³-hybridized carbons (Fsp3) is 0.435. The number of fused-ring (bicyclic) bond motifs is 2. The van der Waals surface area contributed by atoms with Crippen molar-refractivity contribution >= 4 is 5.91 Å². The molecule has 2 bridgehead atoms. The van der Waals surface area contributed by atoms with Crippen molar-refractivity contribution in [1.29, 1.82) is 0 Å². The van der Waals surface area contributed by atoms with E-state index in [0.29, 0.717) is 25.9 Å². The standard InChI is InChI=1S/C23H27NO3/c25-21-14-19-10-6-11-20(15-21)24(19)23(26)13-18-9-4-5-12-22(18)27-16-17-7-2-1-3-8-17/h1-5,7-9,12,19-21,25H,6,10-11,13-16H2/t19-,20+,21?. The molecule has 4 heteroatoms. The van der Waals surface area contributed by atoms with Gasteiger partial charge in [-0.1, -0.05) is 48.5 Å². The third-order valence-corrected chi connectivity index (χ3v) is 5.79. The molecule has 2 aliphatic rings. The second kappa shape index (κ2) is 8.13. The molecule has 2 heterocycles. The molecule has 2 fully saturated rings. The Kier molecular flexibility index (Phi) is 5.44. The fourth-order valence-electron chi connectivity index (χ4n) is 4.54. The van der Waals surface area contributed by atoms with Crippen LogP contribution in [0, 0.1) is 0 Å². The normalized spacial score (nSPS) is 24.5. The van der Waals surface area contributed by atoms with Crippen molar-refractivity contribution in [2.24, 2.45) is 0 Å². The molecule has 0 aromatic heterocycles. The van der Waals surface area contributed by atoms with Gasteiger partial charge in [-0.15, -0.1) is 0 Å². The predicted molar refractivity (Wildman–Crippen MR) is 104 cm³/mol. The largest absolute Gasteiger partial charge is 0.489 e. The quantitative estimate of drug-likeness (QED) is 0.879. The van der Waals surface area contributed by atoms with E-state index >= 15 is 0 Å². The molecule has 1 unspecified atom stereocenters. The minimum atomic E-state index is -0.258. The number of piperidine rings is 2. The maximum Gasteiger partial charge on any atom is 0.227 e. The van der Waals surface area contributed by atoms with Crippen LogP contribution in [-0.2, 0) is 17.8 Å². The zero-order valence-electron chi connectivity index (χ0n) is 15.6. The first-order valence-corrected chi connectivity index (χ1v) is 9.94. The molecule has 2 aromatic carbocycles. The average molecular weight is 365 g/mol. The highest BCUT2D eigenvalue weighted by atomic mass is 16.5. The van der Waals surface area contributed by atoms with Crippen molar-refractivity contribution in [2.75, 3.05) is 0 Å². The number of nitrogens with zero attached hydrogens (tertiary/aromatic N) is 1. The van der Waals surface area contributed by atoms with Gasteiger partial charge in [0.05, 0.1) is 12.5 Å². The summed E-state index contributed by atoms with van der Waals surface area (Å²) in [5.41, 5.74) is 2.04. The van der Waals surface area contributed by atoms with Crippen molar-refractivity contribution in [3.8, 4) is 5.75 Å². The third kappa shape index (κ3) is 4.16. The molecule has 1 amide bonds. The summed E-state index contributed by atoms with van der Waals surface area (Å²) in [6.45, 7) is 0.493. The molecule has 0 spiro atoms. The number of amides is 1. The number of para-hydroxylation sites is 1. The third-order valence-electron chi connectivity index (χ3n) is 5.79. The summed E-state index contributed by atoms with van der Waals surface area (Å²) >= 11 is 0. The van der Waals surface area contributed by atoms with Gasteiger partial charge < -0.3 is 14.7 Å². The van der Waals surface area contributed by atoms with Gasteiger partial charge in [-0.3, -0.25) is 4.79 Å². The number of hydrogen-bond acceptors (Lipinski definition) is 3. The zero-order chi connectivity index (χ0) is 18.6. The van der Waals surface area contributed by atoms with Gasteiger partial charge >= 0.3 is 0 Å². The summed E-state index contributed by atoms with van der Waals surface area (Å²) in [4.78, 5) is 15.2. The Labute approximate surface area is 160 Å². The lowest BCUT2D eigenvalue weighted by Crippen LogP contribution is -2.56. The number of ether oxygens (including phenoxy) is 1. The average Bonchev–Trinajstić information content (AvgIpc) is 2.67. The van der Waals surface area contributed by atoms with E-state index in [-0.39, 0.29) is 24.1 Å². The van der Waals surface area contributed by atoms with E-state index in [1.807, 2.05) is 54.6 Å². The first-order valence-electron chi connectivity index (χ1n) is 9.94. The van der Waals surface area contributed by atoms with Gasteiger partial charge in [-0.25, -0.2) is 0 Å². The van der Waals surface area contributed by atoms with Crippen LogP contribution < -0.4 is 4.74 Å². The molecule has 27 heavy (non-hydrogen) atoms. The molecular weight excluding hydrogens is 338 g/mol. The summed E-state index contributed by atoms with van der Waals surface area (Å²) in [6, 6.07) is 18.3. The molecular formula is C23H27NO3. The summed E-state index contributed by atoms with van der Waals surface area (Å²) in [5, 5.41) is 10.1. The number of aliphatic hydroxyl groups excluding tert-OH is 1. The maximum atomic E-state index is 13.1. The van der Waals surface area contributed by atoms with Crippen LogP contribution in [0.15, 0.2) is 54.6 Å². The van der Waals surface area contributed by atoms with Crippen molar-refractivity contribution < 1.29 is 14.6 Å². The van der Waals surface area contributed by atoms with Gasteiger partial charge in [-0.05, 0) is 43.7 Å². The number of benzene rings is 2. The second-order valence-electron chi connectivity index (χ2n) is 7.72.